The number of fused-ring (bicyclic) bond motifs is 1. The van der Waals surface area contributed by atoms with Crippen LogP contribution in [0.2, 0.25) is 0 Å². The van der Waals surface area contributed by atoms with Crippen molar-refractivity contribution in [3.05, 3.63) is 35.8 Å². The second-order valence-electron chi connectivity index (χ2n) is 6.28. The lowest BCUT2D eigenvalue weighted by Gasteiger charge is -2.36. The van der Waals surface area contributed by atoms with E-state index in [4.69, 9.17) is 14.2 Å². The molecule has 0 saturated carbocycles. The van der Waals surface area contributed by atoms with Gasteiger partial charge in [0, 0.05) is 51.3 Å². The first-order chi connectivity index (χ1) is 12.6. The molecule has 1 N–H and O–H groups in total. The van der Waals surface area contributed by atoms with Crippen molar-refractivity contribution in [1.29, 1.82) is 0 Å². The molecule has 1 aromatic carbocycles. The summed E-state index contributed by atoms with van der Waals surface area (Å²) in [5.41, 5.74) is 0.993. The van der Waals surface area contributed by atoms with Crippen molar-refractivity contribution in [3.8, 4) is 0 Å². The topological polar surface area (TPSA) is 69.7 Å². The van der Waals surface area contributed by atoms with E-state index in [9.17, 15) is 9.18 Å². The molecule has 0 spiro atoms. The summed E-state index contributed by atoms with van der Waals surface area (Å²) in [5.74, 6) is -0.886. The number of esters is 1. The first kappa shape index (κ1) is 18.5. The molecule has 3 rings (SSSR count). The fourth-order valence-electron chi connectivity index (χ4n) is 3.16. The highest BCUT2D eigenvalue weighted by Crippen LogP contribution is 2.30. The van der Waals surface area contributed by atoms with Gasteiger partial charge in [-0.15, -0.1) is 0 Å². The van der Waals surface area contributed by atoms with Crippen LogP contribution in [0.25, 0.3) is 10.9 Å². The quantitative estimate of drug-likeness (QED) is 0.796. The van der Waals surface area contributed by atoms with Crippen molar-refractivity contribution in [3.63, 3.8) is 0 Å². The fraction of sp³-hybridized carbons (Fsp3) is 0.474. The lowest BCUT2D eigenvalue weighted by Crippen LogP contribution is -2.44. The van der Waals surface area contributed by atoms with Gasteiger partial charge in [-0.3, -0.25) is 4.98 Å². The molecule has 6 nitrogen and oxygen atoms in total. The molecule has 2 heterocycles. The Kier molecular flexibility index (Phi) is 5.68. The maximum atomic E-state index is 13.8. The zero-order valence-electron chi connectivity index (χ0n) is 15.0. The number of nitrogens with zero attached hydrogens (tertiary/aromatic N) is 1. The summed E-state index contributed by atoms with van der Waals surface area (Å²) in [5, 5.41) is 3.83. The Hall–Kier alpha value is -2.25. The Morgan fingerprint density at radius 1 is 1.38 bits per heavy atom. The highest BCUT2D eigenvalue weighted by atomic mass is 19.1. The number of pyridine rings is 1. The minimum atomic E-state index is -0.493. The van der Waals surface area contributed by atoms with Gasteiger partial charge in [-0.2, -0.15) is 0 Å². The molecule has 1 fully saturated rings. The molecule has 0 bridgehead atoms. The van der Waals surface area contributed by atoms with Gasteiger partial charge in [0.15, 0.2) is 0 Å². The van der Waals surface area contributed by atoms with Crippen molar-refractivity contribution in [1.82, 2.24) is 4.98 Å². The number of hydrogen-bond acceptors (Lipinski definition) is 6. The van der Waals surface area contributed by atoms with Crippen molar-refractivity contribution in [2.75, 3.05) is 38.8 Å². The second-order valence-corrected chi connectivity index (χ2v) is 6.28. The molecule has 1 aliphatic heterocycles. The van der Waals surface area contributed by atoms with Gasteiger partial charge in [-0.1, -0.05) is 0 Å². The van der Waals surface area contributed by atoms with Crippen molar-refractivity contribution in [2.45, 2.75) is 25.4 Å². The number of nitrogens with one attached hydrogen (secondary N) is 1. The Balaban J connectivity index is 1.99. The number of rotatable bonds is 6. The molecule has 1 aliphatic rings. The number of benzene rings is 1. The zero-order valence-corrected chi connectivity index (χ0v) is 15.0. The summed E-state index contributed by atoms with van der Waals surface area (Å²) in [6.45, 7) is 3.69. The largest absolute Gasteiger partial charge is 0.462 e. The number of carbonyl (C=O) groups excluding carboxylic acids is 1. The smallest absolute Gasteiger partial charge is 0.341 e. The van der Waals surface area contributed by atoms with Crippen molar-refractivity contribution in [2.24, 2.45) is 0 Å². The maximum absolute atomic E-state index is 13.8. The van der Waals surface area contributed by atoms with Crippen molar-refractivity contribution < 1.29 is 23.4 Å². The van der Waals surface area contributed by atoms with E-state index in [1.165, 1.54) is 18.3 Å². The first-order valence-electron chi connectivity index (χ1n) is 8.71. The molecular formula is C19H23FN2O4. The predicted octanol–water partition coefficient (Wildman–Crippen LogP) is 3.16. The predicted molar refractivity (Wildman–Crippen MR) is 95.9 cm³/mol. The summed E-state index contributed by atoms with van der Waals surface area (Å²) in [6.07, 6.45) is 2.94. The first-order valence-corrected chi connectivity index (χ1v) is 8.71. The highest BCUT2D eigenvalue weighted by Gasteiger charge is 2.33. The normalized spacial score (nSPS) is 16.4. The van der Waals surface area contributed by atoms with E-state index in [1.54, 1.807) is 20.1 Å². The number of anilines is 1. The molecule has 26 heavy (non-hydrogen) atoms. The summed E-state index contributed by atoms with van der Waals surface area (Å²) in [4.78, 5) is 16.6. The summed E-state index contributed by atoms with van der Waals surface area (Å²) >= 11 is 0. The molecule has 0 aliphatic carbocycles. The minimum absolute atomic E-state index is 0.249. The van der Waals surface area contributed by atoms with Gasteiger partial charge in [-0.05, 0) is 25.1 Å². The van der Waals surface area contributed by atoms with Crippen LogP contribution in [-0.4, -0.2) is 50.0 Å². The van der Waals surface area contributed by atoms with Crippen LogP contribution in [0.1, 0.15) is 30.1 Å². The molecule has 0 atom stereocenters. The molecule has 1 saturated heterocycles. The molecular weight excluding hydrogens is 339 g/mol. The number of carbonyl (C=O) groups is 1. The monoisotopic (exact) mass is 362 g/mol. The summed E-state index contributed by atoms with van der Waals surface area (Å²) < 4.78 is 30.1. The Morgan fingerprint density at radius 2 is 2.15 bits per heavy atom. The number of hydrogen-bond donors (Lipinski definition) is 1. The standard InChI is InChI=1S/C19H23FN2O4/c1-3-26-18(23)15-11-21-16-5-4-13(20)10-14(16)17(15)22-12-19(24-2)6-8-25-9-7-19/h4-5,10-11H,3,6-9,12H2,1-2H3,(H,21,22). The number of aromatic nitrogens is 1. The zero-order chi connectivity index (χ0) is 18.6. The van der Waals surface area contributed by atoms with Gasteiger partial charge in [-0.25, -0.2) is 9.18 Å². The van der Waals surface area contributed by atoms with Crippen LogP contribution in [0.3, 0.4) is 0 Å². The molecule has 7 heteroatoms. The molecule has 2 aromatic rings. The Bertz CT molecular complexity index is 790. The molecule has 1 aromatic heterocycles. The summed E-state index contributed by atoms with van der Waals surface area (Å²) in [6, 6.07) is 4.31. The van der Waals surface area contributed by atoms with Crippen LogP contribution >= 0.6 is 0 Å². The molecule has 140 valence electrons. The van der Waals surface area contributed by atoms with Gasteiger partial charge < -0.3 is 19.5 Å². The maximum Gasteiger partial charge on any atom is 0.341 e. The van der Waals surface area contributed by atoms with Gasteiger partial charge in [0.25, 0.3) is 0 Å². The molecule has 0 amide bonds. The highest BCUT2D eigenvalue weighted by molar-refractivity contribution is 6.04. The lowest BCUT2D eigenvalue weighted by molar-refractivity contribution is -0.0807. The van der Waals surface area contributed by atoms with Gasteiger partial charge in [0.2, 0.25) is 0 Å². The van der Waals surface area contributed by atoms with Crippen LogP contribution in [0.4, 0.5) is 10.1 Å². The van der Waals surface area contributed by atoms with Crippen LogP contribution in [0, 0.1) is 5.82 Å². The SMILES string of the molecule is CCOC(=O)c1cnc2ccc(F)cc2c1NCC1(OC)CCOCC1. The van der Waals surface area contributed by atoms with E-state index in [0.717, 1.165) is 12.8 Å². The van der Waals surface area contributed by atoms with Crippen LogP contribution in [-0.2, 0) is 14.2 Å². The van der Waals surface area contributed by atoms with E-state index in [-0.39, 0.29) is 12.2 Å². The minimum Gasteiger partial charge on any atom is -0.462 e. The van der Waals surface area contributed by atoms with Crippen molar-refractivity contribution >= 4 is 22.6 Å². The van der Waals surface area contributed by atoms with E-state index in [0.29, 0.717) is 36.3 Å². The van der Waals surface area contributed by atoms with Crippen LogP contribution < -0.4 is 5.32 Å². The fourth-order valence-corrected chi connectivity index (χ4v) is 3.16. The third-order valence-corrected chi connectivity index (χ3v) is 4.75. The van der Waals surface area contributed by atoms with E-state index >= 15 is 0 Å². The number of halogens is 1. The van der Waals surface area contributed by atoms with Gasteiger partial charge in [0.05, 0.1) is 23.4 Å². The van der Waals surface area contributed by atoms with Crippen LogP contribution in [0.15, 0.2) is 24.4 Å². The molecule has 0 unspecified atom stereocenters. The van der Waals surface area contributed by atoms with Gasteiger partial charge in [0.1, 0.15) is 11.4 Å². The van der Waals surface area contributed by atoms with Gasteiger partial charge >= 0.3 is 5.97 Å². The lowest BCUT2D eigenvalue weighted by atomic mass is 9.93. The second kappa shape index (κ2) is 7.97. The third kappa shape index (κ3) is 3.78. The van der Waals surface area contributed by atoms with Crippen LogP contribution in [0.5, 0.6) is 0 Å². The van der Waals surface area contributed by atoms with E-state index in [2.05, 4.69) is 10.3 Å². The average Bonchev–Trinajstić information content (AvgIpc) is 2.67. The van der Waals surface area contributed by atoms with E-state index < -0.39 is 17.4 Å². The average molecular weight is 362 g/mol. The Morgan fingerprint density at radius 3 is 2.85 bits per heavy atom. The number of ether oxygens (including phenoxy) is 3. The summed E-state index contributed by atoms with van der Waals surface area (Å²) in [7, 11) is 1.67. The Labute approximate surface area is 151 Å². The molecule has 0 radical (unpaired) electrons. The van der Waals surface area contributed by atoms with E-state index in [1.807, 2.05) is 0 Å². The number of methoxy groups -OCH3 is 1. The third-order valence-electron chi connectivity index (χ3n) is 4.75.